The van der Waals surface area contributed by atoms with Crippen molar-refractivity contribution in [1.29, 1.82) is 0 Å². The summed E-state index contributed by atoms with van der Waals surface area (Å²) in [6.07, 6.45) is 4.08. The molecule has 0 aromatic carbocycles. The van der Waals surface area contributed by atoms with Gasteiger partial charge in [-0.2, -0.15) is 0 Å². The van der Waals surface area contributed by atoms with Crippen LogP contribution in [0.3, 0.4) is 0 Å². The third-order valence-electron chi connectivity index (χ3n) is 3.44. The lowest BCUT2D eigenvalue weighted by atomic mass is 10.2. The SMILES string of the molecule is CCN1CCn2cc(-c3ccccn3)cc2C1. The van der Waals surface area contributed by atoms with E-state index < -0.39 is 0 Å². The molecule has 0 unspecified atom stereocenters. The van der Waals surface area contributed by atoms with Crippen LogP contribution >= 0.6 is 0 Å². The predicted molar refractivity (Wildman–Crippen MR) is 68.6 cm³/mol. The van der Waals surface area contributed by atoms with Crippen LogP contribution in [0, 0.1) is 0 Å². The van der Waals surface area contributed by atoms with Crippen LogP contribution in [-0.4, -0.2) is 27.5 Å². The summed E-state index contributed by atoms with van der Waals surface area (Å²) < 4.78 is 2.36. The van der Waals surface area contributed by atoms with E-state index in [1.807, 2.05) is 18.3 Å². The zero-order valence-electron chi connectivity index (χ0n) is 10.1. The second-order valence-electron chi connectivity index (χ2n) is 4.50. The van der Waals surface area contributed by atoms with Gasteiger partial charge in [0, 0.05) is 43.3 Å². The van der Waals surface area contributed by atoms with Gasteiger partial charge in [0.1, 0.15) is 0 Å². The second kappa shape index (κ2) is 4.34. The monoisotopic (exact) mass is 227 g/mol. The Labute approximate surface area is 102 Å². The zero-order chi connectivity index (χ0) is 11.7. The smallest absolute Gasteiger partial charge is 0.0717 e. The van der Waals surface area contributed by atoms with Gasteiger partial charge >= 0.3 is 0 Å². The third kappa shape index (κ3) is 1.98. The van der Waals surface area contributed by atoms with Gasteiger partial charge in [-0.05, 0) is 24.7 Å². The molecule has 0 fully saturated rings. The van der Waals surface area contributed by atoms with Crippen LogP contribution in [-0.2, 0) is 13.1 Å². The van der Waals surface area contributed by atoms with Gasteiger partial charge in [-0.15, -0.1) is 0 Å². The van der Waals surface area contributed by atoms with E-state index in [9.17, 15) is 0 Å². The van der Waals surface area contributed by atoms with E-state index in [1.54, 1.807) is 0 Å². The maximum Gasteiger partial charge on any atom is 0.0717 e. The van der Waals surface area contributed by atoms with Gasteiger partial charge in [0.25, 0.3) is 0 Å². The van der Waals surface area contributed by atoms with E-state index >= 15 is 0 Å². The van der Waals surface area contributed by atoms with Gasteiger partial charge in [-0.25, -0.2) is 0 Å². The van der Waals surface area contributed by atoms with Crippen molar-refractivity contribution in [3.8, 4) is 11.3 Å². The highest BCUT2D eigenvalue weighted by Crippen LogP contribution is 2.23. The Bertz CT molecular complexity index is 501. The van der Waals surface area contributed by atoms with Crippen molar-refractivity contribution in [2.75, 3.05) is 13.1 Å². The molecule has 0 saturated carbocycles. The first kappa shape index (κ1) is 10.5. The minimum Gasteiger partial charge on any atom is -0.348 e. The van der Waals surface area contributed by atoms with Crippen LogP contribution in [0.1, 0.15) is 12.6 Å². The molecule has 0 aliphatic carbocycles. The molecule has 1 aliphatic heterocycles. The Morgan fingerprint density at radius 2 is 2.24 bits per heavy atom. The highest BCUT2D eigenvalue weighted by Gasteiger charge is 2.16. The molecule has 0 spiro atoms. The number of aromatic nitrogens is 2. The minimum atomic E-state index is 1.06. The number of hydrogen-bond acceptors (Lipinski definition) is 2. The Kier molecular flexibility index (Phi) is 2.69. The van der Waals surface area contributed by atoms with E-state index in [1.165, 1.54) is 11.3 Å². The summed E-state index contributed by atoms with van der Waals surface area (Å²) >= 11 is 0. The number of likely N-dealkylation sites (N-methyl/N-ethyl adjacent to an activating group) is 1. The van der Waals surface area contributed by atoms with E-state index in [4.69, 9.17) is 0 Å². The van der Waals surface area contributed by atoms with E-state index in [2.05, 4.69) is 39.7 Å². The fourth-order valence-corrected chi connectivity index (χ4v) is 2.40. The molecule has 0 radical (unpaired) electrons. The second-order valence-corrected chi connectivity index (χ2v) is 4.50. The van der Waals surface area contributed by atoms with E-state index in [0.29, 0.717) is 0 Å². The molecule has 3 heterocycles. The van der Waals surface area contributed by atoms with Crippen LogP contribution in [0.5, 0.6) is 0 Å². The first-order valence-corrected chi connectivity index (χ1v) is 6.19. The zero-order valence-corrected chi connectivity index (χ0v) is 10.1. The highest BCUT2D eigenvalue weighted by molar-refractivity contribution is 5.59. The maximum atomic E-state index is 4.40. The molecule has 0 bridgehead atoms. The lowest BCUT2D eigenvalue weighted by Gasteiger charge is -2.26. The molecule has 2 aromatic heterocycles. The van der Waals surface area contributed by atoms with E-state index in [0.717, 1.165) is 31.9 Å². The van der Waals surface area contributed by atoms with Gasteiger partial charge in [-0.3, -0.25) is 9.88 Å². The fraction of sp³-hybridized carbons (Fsp3) is 0.357. The normalized spacial score (nSPS) is 15.8. The number of fused-ring (bicyclic) bond motifs is 1. The van der Waals surface area contributed by atoms with Crippen molar-refractivity contribution in [2.45, 2.75) is 20.0 Å². The fourth-order valence-electron chi connectivity index (χ4n) is 2.40. The molecule has 3 nitrogen and oxygen atoms in total. The number of hydrogen-bond donors (Lipinski definition) is 0. The Morgan fingerprint density at radius 3 is 3.00 bits per heavy atom. The molecule has 17 heavy (non-hydrogen) atoms. The molecule has 3 heteroatoms. The summed E-state index contributed by atoms with van der Waals surface area (Å²) in [5, 5.41) is 0. The third-order valence-corrected chi connectivity index (χ3v) is 3.44. The van der Waals surface area contributed by atoms with Crippen molar-refractivity contribution >= 4 is 0 Å². The van der Waals surface area contributed by atoms with Crippen molar-refractivity contribution in [1.82, 2.24) is 14.5 Å². The van der Waals surface area contributed by atoms with Crippen LogP contribution in [0.15, 0.2) is 36.7 Å². The largest absolute Gasteiger partial charge is 0.348 e. The van der Waals surface area contributed by atoms with Gasteiger partial charge in [0.2, 0.25) is 0 Å². The summed E-state index contributed by atoms with van der Waals surface area (Å²) in [5.41, 5.74) is 3.70. The van der Waals surface area contributed by atoms with Crippen LogP contribution in [0.2, 0.25) is 0 Å². The van der Waals surface area contributed by atoms with Crippen molar-refractivity contribution in [3.05, 3.63) is 42.4 Å². The highest BCUT2D eigenvalue weighted by atomic mass is 15.2. The average molecular weight is 227 g/mol. The Balaban J connectivity index is 1.93. The number of rotatable bonds is 2. The van der Waals surface area contributed by atoms with Crippen molar-refractivity contribution < 1.29 is 0 Å². The van der Waals surface area contributed by atoms with E-state index in [-0.39, 0.29) is 0 Å². The standard InChI is InChI=1S/C14H17N3/c1-2-16-7-8-17-10-12(9-13(17)11-16)14-5-3-4-6-15-14/h3-6,9-10H,2,7-8,11H2,1H3. The number of nitrogens with zero attached hydrogens (tertiary/aromatic N) is 3. The molecule has 0 atom stereocenters. The van der Waals surface area contributed by atoms with Gasteiger partial charge in [0.05, 0.1) is 5.69 Å². The van der Waals surface area contributed by atoms with Gasteiger partial charge in [0.15, 0.2) is 0 Å². The summed E-state index contributed by atoms with van der Waals surface area (Å²) in [4.78, 5) is 6.87. The van der Waals surface area contributed by atoms with Crippen molar-refractivity contribution in [3.63, 3.8) is 0 Å². The average Bonchev–Trinajstić information content (AvgIpc) is 2.82. The molecule has 1 aliphatic rings. The van der Waals surface area contributed by atoms with Crippen LogP contribution in [0.25, 0.3) is 11.3 Å². The molecule has 88 valence electrons. The van der Waals surface area contributed by atoms with Gasteiger partial charge < -0.3 is 4.57 Å². The molecule has 3 rings (SSSR count). The molecular weight excluding hydrogens is 210 g/mol. The maximum absolute atomic E-state index is 4.40. The Morgan fingerprint density at radius 1 is 1.29 bits per heavy atom. The molecule has 2 aromatic rings. The summed E-state index contributed by atoms with van der Waals surface area (Å²) in [7, 11) is 0. The summed E-state index contributed by atoms with van der Waals surface area (Å²) in [5.74, 6) is 0. The lowest BCUT2D eigenvalue weighted by molar-refractivity contribution is 0.232. The first-order valence-electron chi connectivity index (χ1n) is 6.19. The summed E-state index contributed by atoms with van der Waals surface area (Å²) in [6.45, 7) is 6.65. The molecule has 0 saturated heterocycles. The predicted octanol–water partition coefficient (Wildman–Crippen LogP) is 2.39. The molecule has 0 amide bonds. The topological polar surface area (TPSA) is 21.1 Å². The summed E-state index contributed by atoms with van der Waals surface area (Å²) in [6, 6.07) is 8.33. The minimum absolute atomic E-state index is 1.06. The quantitative estimate of drug-likeness (QED) is 0.785. The van der Waals surface area contributed by atoms with Crippen LogP contribution in [0.4, 0.5) is 0 Å². The Hall–Kier alpha value is -1.61. The first-order chi connectivity index (χ1) is 8.36. The van der Waals surface area contributed by atoms with Crippen molar-refractivity contribution in [2.24, 2.45) is 0 Å². The number of pyridine rings is 1. The molecular formula is C14H17N3. The molecule has 0 N–H and O–H groups in total. The van der Waals surface area contributed by atoms with Crippen LogP contribution < -0.4 is 0 Å². The van der Waals surface area contributed by atoms with Gasteiger partial charge in [-0.1, -0.05) is 13.0 Å². The lowest BCUT2D eigenvalue weighted by Crippen LogP contribution is -2.32.